The van der Waals surface area contributed by atoms with Gasteiger partial charge in [0.25, 0.3) is 5.91 Å². The molecule has 6 nitrogen and oxygen atoms in total. The molecule has 0 saturated carbocycles. The van der Waals surface area contributed by atoms with E-state index < -0.39 is 5.91 Å². The molecule has 2 aromatic rings. The highest BCUT2D eigenvalue weighted by molar-refractivity contribution is 6.06. The summed E-state index contributed by atoms with van der Waals surface area (Å²) in [5.74, 6) is 1.06. The molecule has 0 fully saturated rings. The number of para-hydroxylation sites is 1. The summed E-state index contributed by atoms with van der Waals surface area (Å²) in [5.41, 5.74) is 2.66. The number of nitriles is 1. The number of nitrogens with zero attached hydrogens (tertiary/aromatic N) is 1. The van der Waals surface area contributed by atoms with Gasteiger partial charge < -0.3 is 20.1 Å². The van der Waals surface area contributed by atoms with Crippen molar-refractivity contribution in [1.29, 1.82) is 5.26 Å². The Bertz CT molecular complexity index is 929. The quantitative estimate of drug-likeness (QED) is 0.509. The maximum atomic E-state index is 12.6. The molecular formula is C23H27N3O3. The van der Waals surface area contributed by atoms with Gasteiger partial charge in [-0.1, -0.05) is 38.1 Å². The Morgan fingerprint density at radius 2 is 1.76 bits per heavy atom. The zero-order valence-electron chi connectivity index (χ0n) is 17.4. The fourth-order valence-corrected chi connectivity index (χ4v) is 2.88. The van der Waals surface area contributed by atoms with Crippen molar-refractivity contribution in [2.75, 3.05) is 19.5 Å². The minimum Gasteiger partial charge on any atom is -0.493 e. The van der Waals surface area contributed by atoms with Gasteiger partial charge in [-0.3, -0.25) is 4.79 Å². The highest BCUT2D eigenvalue weighted by atomic mass is 16.5. The molecule has 0 bridgehead atoms. The van der Waals surface area contributed by atoms with E-state index in [1.54, 1.807) is 14.2 Å². The van der Waals surface area contributed by atoms with E-state index in [-0.39, 0.29) is 17.5 Å². The Hall–Kier alpha value is -3.46. The third-order valence-electron chi connectivity index (χ3n) is 4.58. The summed E-state index contributed by atoms with van der Waals surface area (Å²) in [7, 11) is 3.16. The lowest BCUT2D eigenvalue weighted by molar-refractivity contribution is -0.112. The van der Waals surface area contributed by atoms with E-state index >= 15 is 0 Å². The Morgan fingerprint density at radius 3 is 2.38 bits per heavy atom. The first kappa shape index (κ1) is 21.8. The van der Waals surface area contributed by atoms with E-state index in [9.17, 15) is 10.1 Å². The van der Waals surface area contributed by atoms with Crippen LogP contribution in [0.3, 0.4) is 0 Å². The summed E-state index contributed by atoms with van der Waals surface area (Å²) in [6.07, 6.45) is 1.44. The summed E-state index contributed by atoms with van der Waals surface area (Å²) in [4.78, 5) is 12.6. The second kappa shape index (κ2) is 10.2. The predicted molar refractivity (Wildman–Crippen MR) is 114 cm³/mol. The molecule has 0 saturated heterocycles. The molecule has 29 heavy (non-hydrogen) atoms. The van der Waals surface area contributed by atoms with Crippen LogP contribution >= 0.6 is 0 Å². The van der Waals surface area contributed by atoms with Gasteiger partial charge in [-0.05, 0) is 42.2 Å². The molecule has 2 N–H and O–H groups in total. The zero-order chi connectivity index (χ0) is 21.4. The van der Waals surface area contributed by atoms with Crippen molar-refractivity contribution in [3.05, 3.63) is 65.4 Å². The molecule has 0 radical (unpaired) electrons. The van der Waals surface area contributed by atoms with Crippen molar-refractivity contribution in [3.63, 3.8) is 0 Å². The zero-order valence-corrected chi connectivity index (χ0v) is 17.4. The standard InChI is InChI=1S/C23H27N3O3/c1-15(2)19-8-6-7-9-20(19)26-23(27)18(13-24)14-25-16(3)17-10-11-21(28-4)22(12-17)29-5/h6-12,14-16,25H,1-5H3,(H,26,27)/b18-14-. The summed E-state index contributed by atoms with van der Waals surface area (Å²) in [6, 6.07) is 15.0. The van der Waals surface area contributed by atoms with Crippen LogP contribution in [0.15, 0.2) is 54.2 Å². The van der Waals surface area contributed by atoms with Crippen molar-refractivity contribution in [2.45, 2.75) is 32.7 Å². The largest absolute Gasteiger partial charge is 0.493 e. The van der Waals surface area contributed by atoms with Gasteiger partial charge in [0, 0.05) is 17.9 Å². The third kappa shape index (κ3) is 5.52. The van der Waals surface area contributed by atoms with Crippen LogP contribution in [0, 0.1) is 11.3 Å². The molecular weight excluding hydrogens is 366 g/mol. The van der Waals surface area contributed by atoms with Crippen molar-refractivity contribution in [2.24, 2.45) is 0 Å². The Balaban J connectivity index is 2.14. The SMILES string of the molecule is COc1ccc(C(C)N/C=C(/C#N)C(=O)Nc2ccccc2C(C)C)cc1OC. The number of carbonyl (C=O) groups is 1. The average Bonchev–Trinajstić information content (AvgIpc) is 2.73. The Morgan fingerprint density at radius 1 is 1.07 bits per heavy atom. The van der Waals surface area contributed by atoms with Crippen LogP contribution in [-0.4, -0.2) is 20.1 Å². The molecule has 1 unspecified atom stereocenters. The van der Waals surface area contributed by atoms with Crippen LogP contribution < -0.4 is 20.1 Å². The van der Waals surface area contributed by atoms with Gasteiger partial charge in [0.05, 0.1) is 14.2 Å². The number of carbonyl (C=O) groups excluding carboxylic acids is 1. The van der Waals surface area contributed by atoms with E-state index in [2.05, 4.69) is 24.5 Å². The summed E-state index contributed by atoms with van der Waals surface area (Å²) >= 11 is 0. The topological polar surface area (TPSA) is 83.4 Å². The smallest absolute Gasteiger partial charge is 0.267 e. The van der Waals surface area contributed by atoms with Gasteiger partial charge in [-0.25, -0.2) is 0 Å². The molecule has 2 aromatic carbocycles. The monoisotopic (exact) mass is 393 g/mol. The fourth-order valence-electron chi connectivity index (χ4n) is 2.88. The second-order valence-electron chi connectivity index (χ2n) is 6.87. The molecule has 0 aliphatic carbocycles. The molecule has 0 aromatic heterocycles. The number of nitrogens with one attached hydrogen (secondary N) is 2. The molecule has 1 atom stereocenters. The highest BCUT2D eigenvalue weighted by Gasteiger charge is 2.14. The minimum atomic E-state index is -0.451. The molecule has 0 aliphatic heterocycles. The minimum absolute atomic E-state index is 0.00381. The van der Waals surface area contributed by atoms with E-state index in [1.165, 1.54) is 6.20 Å². The summed E-state index contributed by atoms with van der Waals surface area (Å²) in [6.45, 7) is 6.04. The molecule has 152 valence electrons. The third-order valence-corrected chi connectivity index (χ3v) is 4.58. The molecule has 2 rings (SSSR count). The van der Waals surface area contributed by atoms with Crippen LogP contribution in [0.1, 0.15) is 43.9 Å². The number of benzene rings is 2. The number of anilines is 1. The first-order chi connectivity index (χ1) is 13.9. The van der Waals surface area contributed by atoms with Gasteiger partial charge in [-0.2, -0.15) is 5.26 Å². The molecule has 0 spiro atoms. The Kier molecular flexibility index (Phi) is 7.67. The Labute approximate surface area is 172 Å². The van der Waals surface area contributed by atoms with Crippen LogP contribution in [0.5, 0.6) is 11.5 Å². The molecule has 0 aliphatic rings. The second-order valence-corrected chi connectivity index (χ2v) is 6.87. The number of hydrogen-bond donors (Lipinski definition) is 2. The highest BCUT2D eigenvalue weighted by Crippen LogP contribution is 2.30. The van der Waals surface area contributed by atoms with E-state index in [0.29, 0.717) is 17.2 Å². The van der Waals surface area contributed by atoms with Gasteiger partial charge >= 0.3 is 0 Å². The van der Waals surface area contributed by atoms with Crippen molar-refractivity contribution in [1.82, 2.24) is 5.32 Å². The summed E-state index contributed by atoms with van der Waals surface area (Å²) < 4.78 is 10.6. The van der Waals surface area contributed by atoms with E-state index in [4.69, 9.17) is 9.47 Å². The fraction of sp³-hybridized carbons (Fsp3) is 0.304. The van der Waals surface area contributed by atoms with Crippen molar-refractivity contribution < 1.29 is 14.3 Å². The van der Waals surface area contributed by atoms with Gasteiger partial charge in [0.15, 0.2) is 11.5 Å². The lowest BCUT2D eigenvalue weighted by Gasteiger charge is -2.16. The lowest BCUT2D eigenvalue weighted by atomic mass is 10.0. The van der Waals surface area contributed by atoms with Gasteiger partial charge in [0.2, 0.25) is 0 Å². The predicted octanol–water partition coefficient (Wildman–Crippen LogP) is 4.52. The van der Waals surface area contributed by atoms with E-state index in [0.717, 1.165) is 11.1 Å². The number of methoxy groups -OCH3 is 2. The van der Waals surface area contributed by atoms with Crippen LogP contribution in [0.2, 0.25) is 0 Å². The molecule has 6 heteroatoms. The number of amides is 1. The lowest BCUT2D eigenvalue weighted by Crippen LogP contribution is -2.19. The van der Waals surface area contributed by atoms with Gasteiger partial charge in [-0.15, -0.1) is 0 Å². The van der Waals surface area contributed by atoms with Crippen molar-refractivity contribution in [3.8, 4) is 17.6 Å². The number of rotatable bonds is 8. The molecule has 1 amide bonds. The van der Waals surface area contributed by atoms with Crippen LogP contribution in [-0.2, 0) is 4.79 Å². The number of ether oxygens (including phenoxy) is 2. The first-order valence-electron chi connectivity index (χ1n) is 9.39. The molecule has 0 heterocycles. The van der Waals surface area contributed by atoms with Crippen LogP contribution in [0.25, 0.3) is 0 Å². The van der Waals surface area contributed by atoms with Crippen LogP contribution in [0.4, 0.5) is 5.69 Å². The summed E-state index contributed by atoms with van der Waals surface area (Å²) in [5, 5.41) is 15.4. The van der Waals surface area contributed by atoms with Gasteiger partial charge in [0.1, 0.15) is 11.6 Å². The average molecular weight is 393 g/mol. The maximum absolute atomic E-state index is 12.6. The van der Waals surface area contributed by atoms with E-state index in [1.807, 2.05) is 55.5 Å². The maximum Gasteiger partial charge on any atom is 0.267 e. The first-order valence-corrected chi connectivity index (χ1v) is 9.39. The number of hydrogen-bond acceptors (Lipinski definition) is 5. The normalized spacial score (nSPS) is 12.1. The van der Waals surface area contributed by atoms with Crippen molar-refractivity contribution >= 4 is 11.6 Å².